The maximum Gasteiger partial charge on any atom is 0.330 e. The Kier molecular flexibility index (Phi) is 8.66. The van der Waals surface area contributed by atoms with E-state index in [1.165, 1.54) is 9.47 Å². The van der Waals surface area contributed by atoms with Gasteiger partial charge in [-0.1, -0.05) is 48.0 Å². The zero-order chi connectivity index (χ0) is 22.4. The summed E-state index contributed by atoms with van der Waals surface area (Å²) in [6.45, 7) is 11.9. The van der Waals surface area contributed by atoms with Gasteiger partial charge in [0.1, 0.15) is 5.82 Å². The summed E-state index contributed by atoms with van der Waals surface area (Å²) in [4.78, 5) is 53.2. The lowest BCUT2D eigenvalue weighted by Crippen LogP contribution is -2.44. The number of unbranched alkanes of at least 4 members (excludes halogenated alkanes) is 1. The Morgan fingerprint density at radius 1 is 1.24 bits per heavy atom. The second-order valence-electron chi connectivity index (χ2n) is 8.65. The zero-order valence-electron chi connectivity index (χ0n) is 18.4. The molecule has 0 fully saturated rings. The molecule has 0 aliphatic rings. The maximum atomic E-state index is 12.9. The number of aromatic amines is 1. The van der Waals surface area contributed by atoms with Crippen LogP contribution in [0.5, 0.6) is 0 Å². The molecule has 0 bridgehead atoms. The Labute approximate surface area is 171 Å². The number of nitrogens with two attached hydrogens (primary N) is 1. The third-order valence-corrected chi connectivity index (χ3v) is 4.37. The largest absolute Gasteiger partial charge is 0.383 e. The molecule has 0 aromatic carbocycles. The van der Waals surface area contributed by atoms with Gasteiger partial charge in [-0.15, -0.1) is 0 Å². The minimum absolute atomic E-state index is 0.0125. The van der Waals surface area contributed by atoms with E-state index in [1.807, 2.05) is 20.8 Å². The Bertz CT molecular complexity index is 833. The number of carbonyl (C=O) groups excluding carboxylic acids is 2. The summed E-state index contributed by atoms with van der Waals surface area (Å²) in [6.07, 6.45) is 1.58. The Morgan fingerprint density at radius 2 is 1.86 bits per heavy atom. The summed E-state index contributed by atoms with van der Waals surface area (Å²) < 4.78 is 1.29. The van der Waals surface area contributed by atoms with Crippen LogP contribution in [0.4, 0.5) is 11.5 Å². The van der Waals surface area contributed by atoms with Crippen molar-refractivity contribution >= 4 is 23.3 Å². The van der Waals surface area contributed by atoms with Gasteiger partial charge in [-0.05, 0) is 12.3 Å². The van der Waals surface area contributed by atoms with Crippen LogP contribution in [0.2, 0.25) is 0 Å². The normalized spacial score (nSPS) is 11.6. The molecule has 0 saturated carbocycles. The second kappa shape index (κ2) is 10.3. The number of amides is 2. The zero-order valence-corrected chi connectivity index (χ0v) is 18.4. The van der Waals surface area contributed by atoms with Crippen molar-refractivity contribution in [2.45, 2.75) is 67.3 Å². The first kappa shape index (κ1) is 24.5. The highest BCUT2D eigenvalue weighted by atomic mass is 16.2. The smallest absolute Gasteiger partial charge is 0.330 e. The van der Waals surface area contributed by atoms with Crippen molar-refractivity contribution < 1.29 is 9.59 Å². The van der Waals surface area contributed by atoms with Crippen LogP contribution in [0.3, 0.4) is 0 Å². The average Bonchev–Trinajstić information content (AvgIpc) is 2.59. The standard InChI is InChI=1S/C20H35N5O4/c1-7-8-11-24-16(21)15(17(27)23-19(24)29)25(12-13(2)3)14(26)9-10-22-18(28)20(4,5)6/h13H,7-12,21H2,1-6H3,(H,22,28)(H,23,27,29). The molecule has 9 nitrogen and oxygen atoms in total. The second-order valence-corrected chi connectivity index (χ2v) is 8.65. The van der Waals surface area contributed by atoms with Gasteiger partial charge in [0, 0.05) is 31.5 Å². The lowest BCUT2D eigenvalue weighted by Gasteiger charge is -2.26. The number of nitrogens with zero attached hydrogens (tertiary/aromatic N) is 2. The number of hydrogen-bond acceptors (Lipinski definition) is 5. The molecule has 164 valence electrons. The first-order valence-corrected chi connectivity index (χ1v) is 10.1. The SMILES string of the molecule is CCCCn1c(N)c(N(CC(C)C)C(=O)CCNC(=O)C(C)(C)C)c(=O)[nH]c1=O. The van der Waals surface area contributed by atoms with Crippen LogP contribution in [0, 0.1) is 11.3 Å². The number of aromatic nitrogens is 2. The lowest BCUT2D eigenvalue weighted by atomic mass is 9.96. The van der Waals surface area contributed by atoms with E-state index in [1.54, 1.807) is 20.8 Å². The third kappa shape index (κ3) is 6.76. The van der Waals surface area contributed by atoms with Crippen LogP contribution in [0.25, 0.3) is 0 Å². The van der Waals surface area contributed by atoms with Gasteiger partial charge in [-0.25, -0.2) is 4.79 Å². The van der Waals surface area contributed by atoms with Gasteiger partial charge < -0.3 is 16.0 Å². The first-order valence-electron chi connectivity index (χ1n) is 10.1. The molecule has 1 aromatic heterocycles. The third-order valence-electron chi connectivity index (χ3n) is 4.37. The summed E-state index contributed by atoms with van der Waals surface area (Å²) >= 11 is 0. The van der Waals surface area contributed by atoms with Crippen molar-refractivity contribution in [3.8, 4) is 0 Å². The fourth-order valence-electron chi connectivity index (χ4n) is 2.74. The molecule has 0 atom stereocenters. The fourth-order valence-corrected chi connectivity index (χ4v) is 2.74. The highest BCUT2D eigenvalue weighted by Gasteiger charge is 2.26. The predicted octanol–water partition coefficient (Wildman–Crippen LogP) is 1.46. The minimum Gasteiger partial charge on any atom is -0.383 e. The number of nitrogen functional groups attached to an aromatic ring is 1. The van der Waals surface area contributed by atoms with Crippen LogP contribution in [-0.4, -0.2) is 34.5 Å². The number of rotatable bonds is 9. The summed E-state index contributed by atoms with van der Waals surface area (Å²) in [6, 6.07) is 0. The van der Waals surface area contributed by atoms with Gasteiger partial charge in [0.25, 0.3) is 5.56 Å². The summed E-state index contributed by atoms with van der Waals surface area (Å²) in [5, 5.41) is 2.73. The number of H-pyrrole nitrogens is 1. The Balaban J connectivity index is 3.18. The van der Waals surface area contributed by atoms with Crippen LogP contribution in [-0.2, 0) is 16.1 Å². The van der Waals surface area contributed by atoms with Gasteiger partial charge in [0.05, 0.1) is 0 Å². The molecule has 0 radical (unpaired) electrons. The number of nitrogens with one attached hydrogen (secondary N) is 2. The Hall–Kier alpha value is -2.58. The first-order chi connectivity index (χ1) is 13.4. The van der Waals surface area contributed by atoms with Crippen LogP contribution >= 0.6 is 0 Å². The van der Waals surface area contributed by atoms with E-state index in [2.05, 4.69) is 10.3 Å². The highest BCUT2D eigenvalue weighted by molar-refractivity contribution is 5.96. The topological polar surface area (TPSA) is 130 Å². The van der Waals surface area contributed by atoms with Crippen molar-refractivity contribution in [3.05, 3.63) is 20.8 Å². The molecular formula is C20H35N5O4. The van der Waals surface area contributed by atoms with Gasteiger partial charge in [-0.3, -0.25) is 23.9 Å². The maximum absolute atomic E-state index is 12.9. The monoisotopic (exact) mass is 409 g/mol. The van der Waals surface area contributed by atoms with E-state index >= 15 is 0 Å². The average molecular weight is 410 g/mol. The minimum atomic E-state index is -0.687. The molecular weight excluding hydrogens is 374 g/mol. The van der Waals surface area contributed by atoms with E-state index < -0.39 is 16.7 Å². The molecule has 4 N–H and O–H groups in total. The molecule has 0 spiro atoms. The molecule has 1 rings (SSSR count). The Morgan fingerprint density at radius 3 is 2.38 bits per heavy atom. The van der Waals surface area contributed by atoms with Crippen molar-refractivity contribution in [2.24, 2.45) is 11.3 Å². The van der Waals surface area contributed by atoms with Crippen LogP contribution in [0.15, 0.2) is 9.59 Å². The number of carbonyl (C=O) groups is 2. The molecule has 9 heteroatoms. The van der Waals surface area contributed by atoms with E-state index in [4.69, 9.17) is 5.73 Å². The molecule has 29 heavy (non-hydrogen) atoms. The van der Waals surface area contributed by atoms with Crippen LogP contribution < -0.4 is 27.2 Å². The fraction of sp³-hybridized carbons (Fsp3) is 0.700. The van der Waals surface area contributed by atoms with Crippen molar-refractivity contribution in [1.29, 1.82) is 0 Å². The van der Waals surface area contributed by atoms with Crippen molar-refractivity contribution in [3.63, 3.8) is 0 Å². The van der Waals surface area contributed by atoms with Gasteiger partial charge in [-0.2, -0.15) is 0 Å². The predicted molar refractivity (Wildman–Crippen MR) is 115 cm³/mol. The molecule has 0 saturated heterocycles. The lowest BCUT2D eigenvalue weighted by molar-refractivity contribution is -0.128. The summed E-state index contributed by atoms with van der Waals surface area (Å²) in [5.41, 5.74) is 4.31. The molecule has 1 aromatic rings. The van der Waals surface area contributed by atoms with Gasteiger partial charge in [0.2, 0.25) is 11.8 Å². The number of hydrogen-bond donors (Lipinski definition) is 3. The highest BCUT2D eigenvalue weighted by Crippen LogP contribution is 2.20. The molecule has 0 unspecified atom stereocenters. The molecule has 2 amide bonds. The van der Waals surface area contributed by atoms with E-state index in [9.17, 15) is 19.2 Å². The molecule has 0 aliphatic heterocycles. The van der Waals surface area contributed by atoms with Crippen LogP contribution in [0.1, 0.15) is 60.8 Å². The van der Waals surface area contributed by atoms with Crippen molar-refractivity contribution in [2.75, 3.05) is 23.7 Å². The van der Waals surface area contributed by atoms with Gasteiger partial charge in [0.15, 0.2) is 5.69 Å². The number of anilines is 2. The summed E-state index contributed by atoms with van der Waals surface area (Å²) in [5.74, 6) is -0.449. The van der Waals surface area contributed by atoms with Gasteiger partial charge >= 0.3 is 5.69 Å². The van der Waals surface area contributed by atoms with E-state index in [-0.39, 0.29) is 48.7 Å². The summed E-state index contributed by atoms with van der Waals surface area (Å²) in [7, 11) is 0. The van der Waals surface area contributed by atoms with E-state index in [0.29, 0.717) is 13.0 Å². The quantitative estimate of drug-likeness (QED) is 0.568. The molecule has 0 aliphatic carbocycles. The van der Waals surface area contributed by atoms with E-state index in [0.717, 1.165) is 6.42 Å². The van der Waals surface area contributed by atoms with Crippen molar-refractivity contribution in [1.82, 2.24) is 14.9 Å². The molecule has 1 heterocycles.